The van der Waals surface area contributed by atoms with Crippen molar-refractivity contribution in [3.05, 3.63) is 35.9 Å². The van der Waals surface area contributed by atoms with E-state index in [0.29, 0.717) is 6.61 Å². The minimum Gasteiger partial charge on any atom is -0.493 e. The molecule has 4 nitrogen and oxygen atoms in total. The summed E-state index contributed by atoms with van der Waals surface area (Å²) in [5, 5.41) is 0. The Bertz CT molecular complexity index is 361. The third-order valence-electron chi connectivity index (χ3n) is 1.78. The number of ether oxygens (including phenoxy) is 1. The Morgan fingerprint density at radius 3 is 2.93 bits per heavy atom. The normalized spacial score (nSPS) is 10.3. The van der Waals surface area contributed by atoms with Gasteiger partial charge in [-0.15, -0.1) is 0 Å². The number of carbonyl (C=O) groups is 1. The summed E-state index contributed by atoms with van der Waals surface area (Å²) in [4.78, 5) is 10.9. The number of hydrazine groups is 1. The standard InChI is InChI=1S/C11H14N2O2/c1-2-15-10-6-4-3-5-9(10)7-8-11(14)13-12/h3-8H,2,12H2,1H3,(H,13,14)/b8-7+. The van der Waals surface area contributed by atoms with Crippen molar-refractivity contribution in [3.63, 3.8) is 0 Å². The van der Waals surface area contributed by atoms with Crippen LogP contribution in [0.2, 0.25) is 0 Å². The molecular formula is C11H14N2O2. The van der Waals surface area contributed by atoms with Gasteiger partial charge in [0.1, 0.15) is 5.75 Å². The van der Waals surface area contributed by atoms with E-state index in [1.807, 2.05) is 36.6 Å². The molecule has 1 aromatic rings. The van der Waals surface area contributed by atoms with Gasteiger partial charge in [-0.3, -0.25) is 10.2 Å². The SMILES string of the molecule is CCOc1ccccc1/C=C/C(=O)NN. The summed E-state index contributed by atoms with van der Waals surface area (Å²) in [7, 11) is 0. The number of nitrogens with one attached hydrogen (secondary N) is 1. The lowest BCUT2D eigenvalue weighted by molar-refractivity contribution is -0.116. The van der Waals surface area contributed by atoms with Crippen LogP contribution in [0.4, 0.5) is 0 Å². The molecule has 0 atom stereocenters. The van der Waals surface area contributed by atoms with Gasteiger partial charge in [-0.2, -0.15) is 0 Å². The van der Waals surface area contributed by atoms with Crippen LogP contribution in [-0.2, 0) is 4.79 Å². The maximum Gasteiger partial charge on any atom is 0.257 e. The summed E-state index contributed by atoms with van der Waals surface area (Å²) in [6, 6.07) is 7.47. The molecule has 0 bridgehead atoms. The number of amides is 1. The van der Waals surface area contributed by atoms with E-state index in [4.69, 9.17) is 10.6 Å². The molecule has 0 unspecified atom stereocenters. The molecular weight excluding hydrogens is 192 g/mol. The van der Waals surface area contributed by atoms with Crippen LogP contribution in [0.25, 0.3) is 6.08 Å². The first-order valence-electron chi connectivity index (χ1n) is 4.68. The number of hydrogen-bond donors (Lipinski definition) is 2. The van der Waals surface area contributed by atoms with Crippen LogP contribution in [0.15, 0.2) is 30.3 Å². The van der Waals surface area contributed by atoms with E-state index >= 15 is 0 Å². The molecule has 0 saturated heterocycles. The van der Waals surface area contributed by atoms with Crippen molar-refractivity contribution in [1.82, 2.24) is 5.43 Å². The maximum absolute atomic E-state index is 10.9. The van der Waals surface area contributed by atoms with Gasteiger partial charge in [-0.1, -0.05) is 18.2 Å². The highest BCUT2D eigenvalue weighted by Crippen LogP contribution is 2.19. The number of nitrogens with two attached hydrogens (primary N) is 1. The molecule has 0 fully saturated rings. The van der Waals surface area contributed by atoms with Crippen LogP contribution in [0.5, 0.6) is 5.75 Å². The molecule has 15 heavy (non-hydrogen) atoms. The molecule has 0 heterocycles. The lowest BCUT2D eigenvalue weighted by Gasteiger charge is -2.05. The van der Waals surface area contributed by atoms with Crippen LogP contribution in [0, 0.1) is 0 Å². The monoisotopic (exact) mass is 206 g/mol. The largest absolute Gasteiger partial charge is 0.493 e. The number of carbonyl (C=O) groups excluding carboxylic acids is 1. The Labute approximate surface area is 88.7 Å². The van der Waals surface area contributed by atoms with E-state index in [2.05, 4.69) is 0 Å². The smallest absolute Gasteiger partial charge is 0.257 e. The molecule has 0 spiro atoms. The summed E-state index contributed by atoms with van der Waals surface area (Å²) in [6.45, 7) is 2.50. The average Bonchev–Trinajstić information content (AvgIpc) is 2.28. The molecule has 0 aromatic heterocycles. The molecule has 1 rings (SSSR count). The first-order chi connectivity index (χ1) is 7.27. The fraction of sp³-hybridized carbons (Fsp3) is 0.182. The molecule has 3 N–H and O–H groups in total. The van der Waals surface area contributed by atoms with Gasteiger partial charge in [0.2, 0.25) is 0 Å². The third-order valence-corrected chi connectivity index (χ3v) is 1.78. The predicted octanol–water partition coefficient (Wildman–Crippen LogP) is 1.09. The van der Waals surface area contributed by atoms with Gasteiger partial charge < -0.3 is 4.74 Å². The van der Waals surface area contributed by atoms with Crippen molar-refractivity contribution in [1.29, 1.82) is 0 Å². The molecule has 0 saturated carbocycles. The zero-order valence-corrected chi connectivity index (χ0v) is 8.57. The highest BCUT2D eigenvalue weighted by molar-refractivity contribution is 5.91. The van der Waals surface area contributed by atoms with E-state index in [1.165, 1.54) is 6.08 Å². The van der Waals surface area contributed by atoms with Crippen LogP contribution in [0.3, 0.4) is 0 Å². The second kappa shape index (κ2) is 5.82. The Morgan fingerprint density at radius 2 is 2.27 bits per heavy atom. The lowest BCUT2D eigenvalue weighted by Crippen LogP contribution is -2.27. The van der Waals surface area contributed by atoms with Gasteiger partial charge in [-0.25, -0.2) is 5.84 Å². The maximum atomic E-state index is 10.9. The van der Waals surface area contributed by atoms with Crippen LogP contribution < -0.4 is 16.0 Å². The third kappa shape index (κ3) is 3.44. The predicted molar refractivity (Wildman–Crippen MR) is 59.0 cm³/mol. The van der Waals surface area contributed by atoms with Crippen molar-refractivity contribution >= 4 is 12.0 Å². The summed E-state index contributed by atoms with van der Waals surface area (Å²) in [6.07, 6.45) is 3.02. The van der Waals surface area contributed by atoms with Gasteiger partial charge in [-0.05, 0) is 19.1 Å². The van der Waals surface area contributed by atoms with Crippen LogP contribution in [0.1, 0.15) is 12.5 Å². The molecule has 80 valence electrons. The van der Waals surface area contributed by atoms with E-state index in [9.17, 15) is 4.79 Å². The van der Waals surface area contributed by atoms with Crippen molar-refractivity contribution < 1.29 is 9.53 Å². The molecule has 4 heteroatoms. The topological polar surface area (TPSA) is 64.3 Å². The van der Waals surface area contributed by atoms with E-state index in [1.54, 1.807) is 6.08 Å². The average molecular weight is 206 g/mol. The highest BCUT2D eigenvalue weighted by atomic mass is 16.5. The molecule has 0 aliphatic carbocycles. The number of benzene rings is 1. The van der Waals surface area contributed by atoms with Gasteiger partial charge in [0.15, 0.2) is 0 Å². The van der Waals surface area contributed by atoms with E-state index in [0.717, 1.165) is 11.3 Å². The molecule has 1 amide bonds. The van der Waals surface area contributed by atoms with Crippen LogP contribution >= 0.6 is 0 Å². The van der Waals surface area contributed by atoms with Gasteiger partial charge in [0.05, 0.1) is 6.61 Å². The number of para-hydroxylation sites is 1. The number of rotatable bonds is 4. The number of hydrogen-bond acceptors (Lipinski definition) is 3. The first-order valence-corrected chi connectivity index (χ1v) is 4.68. The Morgan fingerprint density at radius 1 is 1.53 bits per heavy atom. The molecule has 0 aliphatic heterocycles. The van der Waals surface area contributed by atoms with Crippen molar-refractivity contribution in [2.75, 3.05) is 6.61 Å². The summed E-state index contributed by atoms with van der Waals surface area (Å²) < 4.78 is 5.39. The quantitative estimate of drug-likeness (QED) is 0.335. The highest BCUT2D eigenvalue weighted by Gasteiger charge is 1.98. The second-order valence-electron chi connectivity index (χ2n) is 2.81. The van der Waals surface area contributed by atoms with Crippen molar-refractivity contribution in [2.24, 2.45) is 5.84 Å². The summed E-state index contributed by atoms with van der Waals surface area (Å²) in [5.74, 6) is 5.36. The molecule has 1 aromatic carbocycles. The Kier molecular flexibility index (Phi) is 4.37. The Balaban J connectivity index is 2.83. The summed E-state index contributed by atoms with van der Waals surface area (Å²) >= 11 is 0. The van der Waals surface area contributed by atoms with Gasteiger partial charge in [0.25, 0.3) is 5.91 Å². The zero-order chi connectivity index (χ0) is 11.1. The van der Waals surface area contributed by atoms with Gasteiger partial charge >= 0.3 is 0 Å². The zero-order valence-electron chi connectivity index (χ0n) is 8.57. The van der Waals surface area contributed by atoms with Gasteiger partial charge in [0, 0.05) is 11.6 Å². The fourth-order valence-electron chi connectivity index (χ4n) is 1.12. The minimum atomic E-state index is -0.346. The fourth-order valence-corrected chi connectivity index (χ4v) is 1.12. The first kappa shape index (κ1) is 11.3. The van der Waals surface area contributed by atoms with Crippen molar-refractivity contribution in [3.8, 4) is 5.75 Å². The molecule has 0 aliphatic rings. The molecule has 0 radical (unpaired) electrons. The lowest BCUT2D eigenvalue weighted by atomic mass is 10.2. The van der Waals surface area contributed by atoms with E-state index in [-0.39, 0.29) is 5.91 Å². The summed E-state index contributed by atoms with van der Waals surface area (Å²) in [5.41, 5.74) is 2.87. The van der Waals surface area contributed by atoms with E-state index < -0.39 is 0 Å². The minimum absolute atomic E-state index is 0.346. The van der Waals surface area contributed by atoms with Crippen LogP contribution in [-0.4, -0.2) is 12.5 Å². The Hall–Kier alpha value is -1.81. The van der Waals surface area contributed by atoms with Crippen molar-refractivity contribution in [2.45, 2.75) is 6.92 Å². The second-order valence-corrected chi connectivity index (χ2v) is 2.81.